The summed E-state index contributed by atoms with van der Waals surface area (Å²) in [5, 5.41) is 3.44. The first-order valence-electron chi connectivity index (χ1n) is 8.59. The zero-order valence-electron chi connectivity index (χ0n) is 15.2. The second kappa shape index (κ2) is 10.2. The highest BCUT2D eigenvalue weighted by molar-refractivity contribution is 6.42. The van der Waals surface area contributed by atoms with Crippen molar-refractivity contribution in [2.24, 2.45) is 0 Å². The van der Waals surface area contributed by atoms with Crippen LogP contribution in [0.1, 0.15) is 18.9 Å². The van der Waals surface area contributed by atoms with Crippen molar-refractivity contribution >= 4 is 35.0 Å². The zero-order valence-corrected chi connectivity index (χ0v) is 16.8. The lowest BCUT2D eigenvalue weighted by Gasteiger charge is -2.30. The number of nitrogens with one attached hydrogen (secondary N) is 1. The molecular weight excluding hydrogens is 387 g/mol. The Morgan fingerprint density at radius 1 is 1.11 bits per heavy atom. The number of hydrogen-bond donors (Lipinski definition) is 1. The van der Waals surface area contributed by atoms with E-state index in [9.17, 15) is 9.59 Å². The molecule has 0 aromatic heterocycles. The number of rotatable bonds is 8. The van der Waals surface area contributed by atoms with Crippen LogP contribution in [0.3, 0.4) is 0 Å². The zero-order chi connectivity index (χ0) is 19.8. The fourth-order valence-electron chi connectivity index (χ4n) is 2.67. The first-order valence-corrected chi connectivity index (χ1v) is 9.34. The number of para-hydroxylation sites is 1. The Kier molecular flexibility index (Phi) is 7.95. The molecule has 144 valence electrons. The minimum Gasteiger partial charge on any atom is -0.484 e. The van der Waals surface area contributed by atoms with E-state index in [0.717, 1.165) is 5.56 Å². The summed E-state index contributed by atoms with van der Waals surface area (Å²) in [6.45, 7) is 1.91. The Bertz CT molecular complexity index is 784. The Morgan fingerprint density at radius 2 is 1.81 bits per heavy atom. The van der Waals surface area contributed by atoms with E-state index in [1.165, 1.54) is 4.90 Å². The molecule has 2 rings (SSSR count). The van der Waals surface area contributed by atoms with Crippen LogP contribution >= 0.6 is 23.2 Å². The molecule has 0 fully saturated rings. The van der Waals surface area contributed by atoms with Gasteiger partial charge in [-0.1, -0.05) is 54.4 Å². The number of carbonyl (C=O) groups excluding carboxylic acids is 2. The molecule has 5 nitrogen and oxygen atoms in total. The number of ether oxygens (including phenoxy) is 1. The standard InChI is InChI=1S/C20H22Cl2N2O3/c1-3-18(20(26)23-2)24(12-14-9-10-16(21)17(22)11-14)19(25)13-27-15-7-5-4-6-8-15/h4-11,18H,3,12-13H2,1-2H3,(H,23,26)/t18-/m0/s1. The molecule has 0 bridgehead atoms. The van der Waals surface area contributed by atoms with E-state index < -0.39 is 6.04 Å². The minimum atomic E-state index is -0.615. The molecule has 0 spiro atoms. The predicted molar refractivity (Wildman–Crippen MR) is 107 cm³/mol. The van der Waals surface area contributed by atoms with Crippen molar-refractivity contribution in [2.75, 3.05) is 13.7 Å². The van der Waals surface area contributed by atoms with Crippen LogP contribution in [0.15, 0.2) is 48.5 Å². The molecule has 27 heavy (non-hydrogen) atoms. The summed E-state index contributed by atoms with van der Waals surface area (Å²) >= 11 is 12.0. The normalized spacial score (nSPS) is 11.6. The fraction of sp³-hybridized carbons (Fsp3) is 0.300. The molecule has 2 aromatic carbocycles. The molecule has 0 saturated carbocycles. The number of likely N-dealkylation sites (N-methyl/N-ethyl adjacent to an activating group) is 1. The van der Waals surface area contributed by atoms with Crippen molar-refractivity contribution < 1.29 is 14.3 Å². The van der Waals surface area contributed by atoms with E-state index in [1.54, 1.807) is 37.4 Å². The van der Waals surface area contributed by atoms with Crippen LogP contribution in [0.2, 0.25) is 10.0 Å². The maximum atomic E-state index is 12.9. The summed E-state index contributed by atoms with van der Waals surface area (Å²) in [6, 6.07) is 13.6. The van der Waals surface area contributed by atoms with Crippen LogP contribution in [0.4, 0.5) is 0 Å². The Balaban J connectivity index is 2.20. The molecule has 0 radical (unpaired) electrons. The summed E-state index contributed by atoms with van der Waals surface area (Å²) in [4.78, 5) is 26.6. The average molecular weight is 409 g/mol. The topological polar surface area (TPSA) is 58.6 Å². The van der Waals surface area contributed by atoms with Crippen molar-refractivity contribution in [3.05, 3.63) is 64.1 Å². The Labute approximate surface area is 169 Å². The van der Waals surface area contributed by atoms with Crippen LogP contribution in [0, 0.1) is 0 Å². The third-order valence-corrected chi connectivity index (χ3v) is 4.81. The summed E-state index contributed by atoms with van der Waals surface area (Å²) in [5.41, 5.74) is 0.778. The van der Waals surface area contributed by atoms with Gasteiger partial charge < -0.3 is 15.0 Å². The van der Waals surface area contributed by atoms with Crippen molar-refractivity contribution in [1.82, 2.24) is 10.2 Å². The van der Waals surface area contributed by atoms with Gasteiger partial charge in [0.15, 0.2) is 6.61 Å². The van der Waals surface area contributed by atoms with Crippen molar-refractivity contribution in [3.63, 3.8) is 0 Å². The smallest absolute Gasteiger partial charge is 0.261 e. The number of nitrogens with zero attached hydrogens (tertiary/aromatic N) is 1. The van der Waals surface area contributed by atoms with Gasteiger partial charge in [-0.15, -0.1) is 0 Å². The molecule has 0 aliphatic carbocycles. The molecule has 0 aliphatic heterocycles. The van der Waals surface area contributed by atoms with Crippen molar-refractivity contribution in [1.29, 1.82) is 0 Å². The minimum absolute atomic E-state index is 0.168. The summed E-state index contributed by atoms with van der Waals surface area (Å²) < 4.78 is 5.57. The number of hydrogen-bond acceptors (Lipinski definition) is 3. The highest BCUT2D eigenvalue weighted by atomic mass is 35.5. The molecule has 1 atom stereocenters. The second-order valence-electron chi connectivity index (χ2n) is 5.91. The molecule has 7 heteroatoms. The van der Waals surface area contributed by atoms with Crippen LogP contribution in [-0.2, 0) is 16.1 Å². The van der Waals surface area contributed by atoms with Crippen molar-refractivity contribution in [3.8, 4) is 5.75 Å². The summed E-state index contributed by atoms with van der Waals surface area (Å²) in [5.74, 6) is 0.0688. The third kappa shape index (κ3) is 5.88. The number of benzene rings is 2. The van der Waals surface area contributed by atoms with Gasteiger partial charge in [0.1, 0.15) is 11.8 Å². The first-order chi connectivity index (χ1) is 13.0. The van der Waals surface area contributed by atoms with E-state index in [0.29, 0.717) is 22.2 Å². The van der Waals surface area contributed by atoms with Gasteiger partial charge in [-0.3, -0.25) is 9.59 Å². The maximum Gasteiger partial charge on any atom is 0.261 e. The third-order valence-electron chi connectivity index (χ3n) is 4.07. The van der Waals surface area contributed by atoms with E-state index >= 15 is 0 Å². The van der Waals surface area contributed by atoms with Crippen molar-refractivity contribution in [2.45, 2.75) is 25.9 Å². The van der Waals surface area contributed by atoms with Crippen LogP contribution < -0.4 is 10.1 Å². The van der Waals surface area contributed by atoms with E-state index in [-0.39, 0.29) is 25.0 Å². The van der Waals surface area contributed by atoms with Crippen LogP contribution in [0.5, 0.6) is 5.75 Å². The molecule has 0 saturated heterocycles. The molecular formula is C20H22Cl2N2O3. The van der Waals surface area contributed by atoms with E-state index in [1.807, 2.05) is 25.1 Å². The highest BCUT2D eigenvalue weighted by Crippen LogP contribution is 2.24. The monoisotopic (exact) mass is 408 g/mol. The summed E-state index contributed by atoms with van der Waals surface area (Å²) in [6.07, 6.45) is 0.470. The molecule has 2 amide bonds. The SMILES string of the molecule is CC[C@@H](C(=O)NC)N(Cc1ccc(Cl)c(Cl)c1)C(=O)COc1ccccc1. The molecule has 1 N–H and O–H groups in total. The molecule has 2 aromatic rings. The quantitative estimate of drug-likeness (QED) is 0.719. The van der Waals surface area contributed by atoms with Gasteiger partial charge in [-0.25, -0.2) is 0 Å². The number of halogens is 2. The molecule has 0 unspecified atom stereocenters. The van der Waals surface area contributed by atoms with Gasteiger partial charge in [-0.2, -0.15) is 0 Å². The van der Waals surface area contributed by atoms with Gasteiger partial charge in [0.05, 0.1) is 10.0 Å². The molecule has 0 aliphatic rings. The summed E-state index contributed by atoms with van der Waals surface area (Å²) in [7, 11) is 1.55. The van der Waals surface area contributed by atoms with Crippen LogP contribution in [0.25, 0.3) is 0 Å². The highest BCUT2D eigenvalue weighted by Gasteiger charge is 2.28. The molecule has 0 heterocycles. The maximum absolute atomic E-state index is 12.9. The first kappa shape index (κ1) is 21.1. The van der Waals surface area contributed by atoms with Gasteiger partial charge in [0.2, 0.25) is 5.91 Å². The van der Waals surface area contributed by atoms with Gasteiger partial charge in [0.25, 0.3) is 5.91 Å². The van der Waals surface area contributed by atoms with Crippen LogP contribution in [-0.4, -0.2) is 36.4 Å². The fourth-order valence-corrected chi connectivity index (χ4v) is 2.99. The second-order valence-corrected chi connectivity index (χ2v) is 6.72. The lowest BCUT2D eigenvalue weighted by molar-refractivity contribution is -0.142. The number of amides is 2. The average Bonchev–Trinajstić information content (AvgIpc) is 2.69. The Morgan fingerprint density at radius 3 is 2.41 bits per heavy atom. The van der Waals surface area contributed by atoms with E-state index in [2.05, 4.69) is 5.32 Å². The van der Waals surface area contributed by atoms with E-state index in [4.69, 9.17) is 27.9 Å². The Hall–Kier alpha value is -2.24. The van der Waals surface area contributed by atoms with Gasteiger partial charge in [0, 0.05) is 13.6 Å². The largest absolute Gasteiger partial charge is 0.484 e. The number of carbonyl (C=O) groups is 2. The predicted octanol–water partition coefficient (Wildman–Crippen LogP) is 3.93. The lowest BCUT2D eigenvalue weighted by Crippen LogP contribution is -2.49. The van der Waals surface area contributed by atoms with Gasteiger partial charge in [-0.05, 0) is 36.2 Å². The van der Waals surface area contributed by atoms with Gasteiger partial charge >= 0.3 is 0 Å². The lowest BCUT2D eigenvalue weighted by atomic mass is 10.1.